The van der Waals surface area contributed by atoms with E-state index in [0.29, 0.717) is 0 Å². The van der Waals surface area contributed by atoms with E-state index in [9.17, 15) is 14.2 Å². The van der Waals surface area contributed by atoms with Crippen molar-refractivity contribution in [3.05, 3.63) is 29.3 Å². The highest BCUT2D eigenvalue weighted by atomic mass is 31.1. The largest absolute Gasteiger partial charge is 0.747 e. The molecule has 0 aliphatic rings. The van der Waals surface area contributed by atoms with Crippen molar-refractivity contribution in [1.29, 1.82) is 0 Å². The Kier molecular flexibility index (Phi) is 3.55. The Morgan fingerprint density at radius 1 is 1.19 bits per heavy atom. The van der Waals surface area contributed by atoms with Gasteiger partial charge in [-0.1, -0.05) is 6.07 Å². The number of carboxylic acid groups (broad SMARTS) is 2. The molecule has 84 valence electrons. The Balaban J connectivity index is 3.38. The summed E-state index contributed by atoms with van der Waals surface area (Å²) >= 11 is 0. The van der Waals surface area contributed by atoms with Crippen molar-refractivity contribution >= 4 is 20.2 Å². The third-order valence-electron chi connectivity index (χ3n) is 1.65. The molecule has 1 atom stereocenters. The van der Waals surface area contributed by atoms with Crippen LogP contribution >= 0.6 is 8.25 Å². The van der Waals surface area contributed by atoms with E-state index in [1.165, 1.54) is 6.07 Å². The van der Waals surface area contributed by atoms with Crippen molar-refractivity contribution in [3.8, 4) is 5.75 Å². The van der Waals surface area contributed by atoms with E-state index < -0.39 is 37.1 Å². The van der Waals surface area contributed by atoms with Crippen LogP contribution in [-0.2, 0) is 4.57 Å². The summed E-state index contributed by atoms with van der Waals surface area (Å²) in [5.74, 6) is -3.48. The monoisotopic (exact) mass is 245 g/mol. The zero-order valence-electron chi connectivity index (χ0n) is 7.65. The van der Waals surface area contributed by atoms with Gasteiger partial charge in [-0.25, -0.2) is 14.1 Å². The third kappa shape index (κ3) is 2.53. The Hall–Kier alpha value is -1.98. The number of carboxylic acids is 2. The molecule has 0 heterocycles. The number of benzene rings is 1. The molecule has 1 rings (SSSR count). The van der Waals surface area contributed by atoms with Crippen LogP contribution in [0.2, 0.25) is 0 Å². The highest BCUT2D eigenvalue weighted by molar-refractivity contribution is 7.32. The zero-order chi connectivity index (χ0) is 12.3. The molecule has 0 aromatic heterocycles. The summed E-state index contributed by atoms with van der Waals surface area (Å²) in [5, 5.41) is 17.5. The lowest BCUT2D eigenvalue weighted by Gasteiger charge is -2.02. The minimum Gasteiger partial charge on any atom is -0.478 e. The minimum atomic E-state index is -3.06. The SMILES string of the molecule is O=C(O)c1cccc(O[P+](=O)O)c1C(=O)O. The van der Waals surface area contributed by atoms with Gasteiger partial charge in [-0.3, -0.25) is 0 Å². The van der Waals surface area contributed by atoms with Crippen molar-refractivity contribution in [2.24, 2.45) is 0 Å². The summed E-state index contributed by atoms with van der Waals surface area (Å²) in [4.78, 5) is 30.0. The van der Waals surface area contributed by atoms with Crippen LogP contribution in [0.3, 0.4) is 0 Å². The molecule has 0 bridgehead atoms. The molecule has 1 aromatic carbocycles. The molecule has 0 fully saturated rings. The lowest BCUT2D eigenvalue weighted by atomic mass is 10.1. The fraction of sp³-hybridized carbons (Fsp3) is 0. The Bertz CT molecular complexity index is 467. The topological polar surface area (TPSA) is 121 Å². The molecule has 0 saturated carbocycles. The van der Waals surface area contributed by atoms with E-state index in [-0.39, 0.29) is 0 Å². The number of aromatic carboxylic acids is 2. The summed E-state index contributed by atoms with van der Waals surface area (Å²) in [6.07, 6.45) is 0. The first kappa shape index (κ1) is 12.1. The quantitative estimate of drug-likeness (QED) is 0.679. The van der Waals surface area contributed by atoms with Gasteiger partial charge in [0, 0.05) is 4.57 Å². The van der Waals surface area contributed by atoms with E-state index in [4.69, 9.17) is 15.1 Å². The Labute approximate surface area is 89.9 Å². The Morgan fingerprint density at radius 3 is 2.25 bits per heavy atom. The maximum absolute atomic E-state index is 10.8. The lowest BCUT2D eigenvalue weighted by molar-refractivity contribution is 0.0649. The molecule has 16 heavy (non-hydrogen) atoms. The fourth-order valence-electron chi connectivity index (χ4n) is 1.09. The molecular weight excluding hydrogens is 239 g/mol. The first-order valence-corrected chi connectivity index (χ1v) is 5.00. The molecule has 8 heteroatoms. The summed E-state index contributed by atoms with van der Waals surface area (Å²) in [6, 6.07) is 3.37. The van der Waals surface area contributed by atoms with Gasteiger partial charge in [0.05, 0.1) is 5.56 Å². The van der Waals surface area contributed by atoms with Crippen LogP contribution in [0.15, 0.2) is 18.2 Å². The third-order valence-corrected chi connectivity index (χ3v) is 2.00. The lowest BCUT2D eigenvalue weighted by Crippen LogP contribution is -2.09. The molecule has 1 aromatic rings. The second-order valence-electron chi connectivity index (χ2n) is 2.62. The summed E-state index contributed by atoms with van der Waals surface area (Å²) in [6.45, 7) is 0. The summed E-state index contributed by atoms with van der Waals surface area (Å²) in [7, 11) is -3.06. The fourth-order valence-corrected chi connectivity index (χ4v) is 1.41. The Morgan fingerprint density at radius 2 is 1.81 bits per heavy atom. The minimum absolute atomic E-state index is 0.462. The average molecular weight is 245 g/mol. The van der Waals surface area contributed by atoms with Gasteiger partial charge in [0.1, 0.15) is 5.56 Å². The van der Waals surface area contributed by atoms with Crippen molar-refractivity contribution in [3.63, 3.8) is 0 Å². The van der Waals surface area contributed by atoms with Crippen LogP contribution in [0.4, 0.5) is 0 Å². The first-order valence-electron chi connectivity index (χ1n) is 3.87. The number of carbonyl (C=O) groups is 2. The van der Waals surface area contributed by atoms with Crippen molar-refractivity contribution in [2.75, 3.05) is 0 Å². The van der Waals surface area contributed by atoms with Gasteiger partial charge in [0.25, 0.3) is 0 Å². The second kappa shape index (κ2) is 4.69. The highest BCUT2D eigenvalue weighted by Gasteiger charge is 2.26. The molecule has 7 nitrogen and oxygen atoms in total. The standard InChI is InChI=1S/C8H5O7P/c9-7(10)4-2-1-3-5(15-16(13)14)6(4)8(11)12/h1-3H,(H2-,9,10,11,12,13,14)/p+1. The van der Waals surface area contributed by atoms with Gasteiger partial charge in [-0.2, -0.15) is 0 Å². The van der Waals surface area contributed by atoms with Gasteiger partial charge >= 0.3 is 20.2 Å². The van der Waals surface area contributed by atoms with Crippen molar-refractivity contribution in [1.82, 2.24) is 0 Å². The maximum Gasteiger partial charge on any atom is 0.747 e. The summed E-state index contributed by atoms with van der Waals surface area (Å²) in [5.41, 5.74) is -1.17. The van der Waals surface area contributed by atoms with Gasteiger partial charge < -0.3 is 10.2 Å². The number of hydrogen-bond acceptors (Lipinski definition) is 4. The average Bonchev–Trinajstić information content (AvgIpc) is 2.15. The molecule has 3 N–H and O–H groups in total. The first-order chi connectivity index (χ1) is 7.43. The van der Waals surface area contributed by atoms with Gasteiger partial charge in [0.2, 0.25) is 5.75 Å². The maximum atomic E-state index is 10.8. The predicted molar refractivity (Wildman–Crippen MR) is 50.8 cm³/mol. The van der Waals surface area contributed by atoms with E-state index in [2.05, 4.69) is 4.52 Å². The molecule has 0 saturated heterocycles. The van der Waals surface area contributed by atoms with E-state index in [1.54, 1.807) is 0 Å². The van der Waals surface area contributed by atoms with Crippen LogP contribution in [0.1, 0.15) is 20.7 Å². The van der Waals surface area contributed by atoms with Gasteiger partial charge in [-0.15, -0.1) is 4.89 Å². The van der Waals surface area contributed by atoms with E-state index in [0.717, 1.165) is 12.1 Å². The molecule has 0 aliphatic carbocycles. The molecular formula is C8H6O7P+. The van der Waals surface area contributed by atoms with Crippen LogP contribution < -0.4 is 4.52 Å². The molecule has 1 unspecified atom stereocenters. The highest BCUT2D eigenvalue weighted by Crippen LogP contribution is 2.29. The van der Waals surface area contributed by atoms with Crippen LogP contribution in [-0.4, -0.2) is 27.0 Å². The molecule has 0 spiro atoms. The molecule has 0 amide bonds. The predicted octanol–water partition coefficient (Wildman–Crippen LogP) is 1.11. The smallest absolute Gasteiger partial charge is 0.478 e. The van der Waals surface area contributed by atoms with Crippen molar-refractivity contribution in [2.45, 2.75) is 0 Å². The molecule has 0 radical (unpaired) electrons. The second-order valence-corrected chi connectivity index (χ2v) is 3.28. The zero-order valence-corrected chi connectivity index (χ0v) is 8.55. The van der Waals surface area contributed by atoms with Gasteiger partial charge in [0.15, 0.2) is 0 Å². The van der Waals surface area contributed by atoms with Crippen LogP contribution in [0, 0.1) is 0 Å². The van der Waals surface area contributed by atoms with Crippen LogP contribution in [0.5, 0.6) is 5.75 Å². The van der Waals surface area contributed by atoms with E-state index >= 15 is 0 Å². The number of hydrogen-bond donors (Lipinski definition) is 3. The van der Waals surface area contributed by atoms with Crippen molar-refractivity contribution < 1.29 is 33.8 Å². The van der Waals surface area contributed by atoms with E-state index in [1.807, 2.05) is 0 Å². The molecule has 0 aliphatic heterocycles. The van der Waals surface area contributed by atoms with Crippen LogP contribution in [0.25, 0.3) is 0 Å². The number of rotatable bonds is 4. The normalized spacial score (nSPS) is 10.7. The van der Waals surface area contributed by atoms with Gasteiger partial charge in [-0.05, 0) is 12.1 Å². The summed E-state index contributed by atoms with van der Waals surface area (Å²) < 4.78 is 14.7.